The molecule has 0 aromatic carbocycles. The van der Waals surface area contributed by atoms with E-state index in [0.29, 0.717) is 49.6 Å². The second-order valence-electron chi connectivity index (χ2n) is 20.1. The van der Waals surface area contributed by atoms with Gasteiger partial charge >= 0.3 is 42.0 Å². The molecule has 70 heavy (non-hydrogen) atoms. The van der Waals surface area contributed by atoms with Crippen LogP contribution >= 0.6 is 0 Å². The summed E-state index contributed by atoms with van der Waals surface area (Å²) in [5.74, 6) is -3.09. The molecule has 0 aromatic rings. The number of carboxylic acids is 1. The van der Waals surface area contributed by atoms with Gasteiger partial charge in [-0.3, -0.25) is 28.8 Å². The molecule has 4 aliphatic carbocycles. The fourth-order valence-electron chi connectivity index (χ4n) is 10.0. The lowest BCUT2D eigenvalue weighted by Gasteiger charge is -2.28. The molecule has 15 nitrogen and oxygen atoms in total. The van der Waals surface area contributed by atoms with Crippen molar-refractivity contribution in [2.75, 3.05) is 39.5 Å². The normalized spacial score (nSPS) is 25.6. The Labute approximate surface area is 413 Å². The fourth-order valence-corrected chi connectivity index (χ4v) is 10.0. The van der Waals surface area contributed by atoms with Gasteiger partial charge in [-0.15, -0.1) is 0 Å². The van der Waals surface area contributed by atoms with Gasteiger partial charge in [0.05, 0.1) is 49.6 Å². The van der Waals surface area contributed by atoms with Crippen LogP contribution in [0, 0.1) is 47.3 Å². The molecule has 0 spiro atoms. The van der Waals surface area contributed by atoms with Gasteiger partial charge < -0.3 is 43.6 Å². The van der Waals surface area contributed by atoms with Crippen molar-refractivity contribution in [3.8, 4) is 0 Å². The molecule has 4 fully saturated rings. The van der Waals surface area contributed by atoms with E-state index in [1.165, 1.54) is 0 Å². The highest BCUT2D eigenvalue weighted by Gasteiger charge is 2.33. The van der Waals surface area contributed by atoms with Gasteiger partial charge in [-0.05, 0) is 126 Å². The predicted molar refractivity (Wildman–Crippen MR) is 248 cm³/mol. The van der Waals surface area contributed by atoms with Gasteiger partial charge in [0.25, 0.3) is 0 Å². The van der Waals surface area contributed by atoms with Gasteiger partial charge in [0, 0.05) is 12.8 Å². The summed E-state index contributed by atoms with van der Waals surface area (Å²) in [6.45, 7) is 9.34. The molecule has 0 aliphatic heterocycles. The van der Waals surface area contributed by atoms with E-state index in [9.17, 15) is 41.9 Å². The number of ether oxygens (including phenoxy) is 6. The number of hydrogen-bond acceptors (Lipinski definition) is 14. The van der Waals surface area contributed by atoms with Crippen LogP contribution in [-0.2, 0) is 62.0 Å². The SMILES string of the molecule is CCC1CCC(C(=O)OCC(COC(=O)C2CCC(CC)CC2)OC(=O)CCC[NH2+]CCCC(=O)OC(COC(=O)C2CCC(CC)CC2)COC(=O)C2CCC(CC)CC2)CC1.O=C([O-])C(F)(F)F. The van der Waals surface area contributed by atoms with Crippen molar-refractivity contribution >= 4 is 41.8 Å². The minimum Gasteiger partial charge on any atom is -0.542 e. The first kappa shape index (κ1) is 60.3. The fraction of sp³-hybridized carbons (Fsp3) is 0.865. The van der Waals surface area contributed by atoms with Crippen molar-refractivity contribution in [2.45, 2.75) is 200 Å². The van der Waals surface area contributed by atoms with Gasteiger partial charge in [0.1, 0.15) is 32.4 Å². The van der Waals surface area contributed by atoms with E-state index < -0.39 is 36.3 Å². The number of hydrogen-bond donors (Lipinski definition) is 1. The standard InChI is InChI=1S/C50H83NO12.C2HF3O2/c1-5-35-13-21-39(22-14-35)47(54)58-31-43(32-59-48(55)40-23-15-36(6-2)16-24-40)62-45(52)11-9-29-51-30-10-12-46(53)63-44(33-60-49(56)41-25-17-37(7-3)18-26-41)34-61-50(57)42-27-19-38(8-4)20-28-42;3-2(4,5)1(6)7/h35-44,51H,5-34H2,1-4H3;(H,6,7). The van der Waals surface area contributed by atoms with Crippen LogP contribution in [0.4, 0.5) is 13.2 Å². The number of carboxylic acid groups (broad SMARTS) is 1. The Bertz CT molecular complexity index is 1400. The first-order valence-electron chi connectivity index (χ1n) is 26.6. The number of carbonyl (C=O) groups excluding carboxylic acids is 7. The van der Waals surface area contributed by atoms with Gasteiger partial charge in [-0.1, -0.05) is 53.4 Å². The Kier molecular flexibility index (Phi) is 28.4. The highest BCUT2D eigenvalue weighted by molar-refractivity contribution is 5.75. The predicted octanol–water partition coefficient (Wildman–Crippen LogP) is 7.27. The van der Waals surface area contributed by atoms with E-state index in [1.54, 1.807) is 0 Å². The maximum absolute atomic E-state index is 12.9. The van der Waals surface area contributed by atoms with Crippen molar-refractivity contribution in [3.63, 3.8) is 0 Å². The topological polar surface area (TPSA) is 215 Å². The molecule has 0 amide bonds. The van der Waals surface area contributed by atoms with Crippen LogP contribution in [0.1, 0.15) is 182 Å². The van der Waals surface area contributed by atoms with Crippen molar-refractivity contribution < 1.29 is 85.6 Å². The molecular formula is C52H84F3NO14. The Morgan fingerprint density at radius 1 is 0.457 bits per heavy atom. The first-order valence-corrected chi connectivity index (χ1v) is 26.6. The average molecular weight is 1000 g/mol. The number of aliphatic carboxylic acids is 1. The second kappa shape index (κ2) is 32.9. The summed E-state index contributed by atoms with van der Waals surface area (Å²) in [6.07, 6.45) is 13.2. The zero-order valence-electron chi connectivity index (χ0n) is 42.4. The first-order chi connectivity index (χ1) is 33.4. The second-order valence-corrected chi connectivity index (χ2v) is 20.1. The van der Waals surface area contributed by atoms with Crippen LogP contribution in [0.25, 0.3) is 0 Å². The summed E-state index contributed by atoms with van der Waals surface area (Å²) in [5.41, 5.74) is 0. The Hall–Kier alpha value is -3.96. The van der Waals surface area contributed by atoms with Crippen LogP contribution in [0.5, 0.6) is 0 Å². The maximum atomic E-state index is 12.9. The summed E-state index contributed by atoms with van der Waals surface area (Å²) in [6, 6.07) is 0. The van der Waals surface area contributed by atoms with Crippen LogP contribution in [0.3, 0.4) is 0 Å². The number of halogens is 3. The molecule has 0 radical (unpaired) electrons. The molecule has 18 heteroatoms. The number of esters is 6. The maximum Gasteiger partial charge on any atom is 0.430 e. The van der Waals surface area contributed by atoms with Gasteiger partial charge in [0.15, 0.2) is 12.2 Å². The molecule has 0 saturated heterocycles. The largest absolute Gasteiger partial charge is 0.542 e. The number of alkyl halides is 3. The summed E-state index contributed by atoms with van der Waals surface area (Å²) in [4.78, 5) is 86.4. The summed E-state index contributed by atoms with van der Waals surface area (Å²) in [5, 5.41) is 10.8. The summed E-state index contributed by atoms with van der Waals surface area (Å²) in [7, 11) is 0. The molecule has 2 N–H and O–H groups in total. The molecule has 402 valence electrons. The third-order valence-electron chi connectivity index (χ3n) is 15.1. The quantitative estimate of drug-likeness (QED) is 0.0513. The third kappa shape index (κ3) is 23.5. The lowest BCUT2D eigenvalue weighted by Crippen LogP contribution is -2.84. The van der Waals surface area contributed by atoms with Gasteiger partial charge in [-0.2, -0.15) is 13.2 Å². The van der Waals surface area contributed by atoms with Gasteiger partial charge in [-0.25, -0.2) is 0 Å². The Morgan fingerprint density at radius 3 is 0.886 bits per heavy atom. The lowest BCUT2D eigenvalue weighted by molar-refractivity contribution is -0.655. The molecule has 0 unspecified atom stereocenters. The number of quaternary nitrogens is 1. The molecular weight excluding hydrogens is 920 g/mol. The summed E-state index contributed by atoms with van der Waals surface area (Å²) >= 11 is 0. The zero-order chi connectivity index (χ0) is 51.5. The smallest absolute Gasteiger partial charge is 0.430 e. The highest BCUT2D eigenvalue weighted by Crippen LogP contribution is 2.34. The minimum absolute atomic E-state index is 0.137. The average Bonchev–Trinajstić information content (AvgIpc) is 3.37. The van der Waals surface area contributed by atoms with E-state index >= 15 is 0 Å². The Morgan fingerprint density at radius 2 is 0.686 bits per heavy atom. The molecule has 4 saturated carbocycles. The van der Waals surface area contributed by atoms with E-state index in [2.05, 4.69) is 27.7 Å². The van der Waals surface area contributed by atoms with E-state index in [4.69, 9.17) is 38.3 Å². The van der Waals surface area contributed by atoms with Gasteiger partial charge in [0.2, 0.25) is 0 Å². The van der Waals surface area contributed by atoms with Crippen molar-refractivity contribution in [1.29, 1.82) is 0 Å². The van der Waals surface area contributed by atoms with E-state index in [-0.39, 0.29) is 86.8 Å². The van der Waals surface area contributed by atoms with Crippen molar-refractivity contribution in [3.05, 3.63) is 0 Å². The number of nitrogens with two attached hydrogens (primary N) is 1. The lowest BCUT2D eigenvalue weighted by atomic mass is 9.81. The van der Waals surface area contributed by atoms with Crippen LogP contribution < -0.4 is 10.4 Å². The van der Waals surface area contributed by atoms with Crippen LogP contribution in [0.15, 0.2) is 0 Å². The van der Waals surface area contributed by atoms with E-state index in [0.717, 1.165) is 128 Å². The molecule has 4 rings (SSSR count). The third-order valence-corrected chi connectivity index (χ3v) is 15.1. The zero-order valence-corrected chi connectivity index (χ0v) is 42.4. The minimum atomic E-state index is -5.19. The van der Waals surface area contributed by atoms with Crippen molar-refractivity contribution in [1.82, 2.24) is 0 Å². The van der Waals surface area contributed by atoms with Crippen molar-refractivity contribution in [2.24, 2.45) is 47.3 Å². The Balaban J connectivity index is 0.00000171. The molecule has 4 aliphatic rings. The van der Waals surface area contributed by atoms with Crippen LogP contribution in [-0.4, -0.2) is 99.7 Å². The van der Waals surface area contributed by atoms with Crippen LogP contribution in [0.2, 0.25) is 0 Å². The molecule has 0 heterocycles. The molecule has 0 aromatic heterocycles. The number of carbonyl (C=O) groups is 7. The molecule has 0 bridgehead atoms. The van der Waals surface area contributed by atoms with E-state index in [1.807, 2.05) is 5.32 Å². The monoisotopic (exact) mass is 1000 g/mol. The molecule has 0 atom stereocenters. The number of rotatable bonds is 26. The highest BCUT2D eigenvalue weighted by atomic mass is 19.4. The summed E-state index contributed by atoms with van der Waals surface area (Å²) < 4.78 is 65.6.